The van der Waals surface area contributed by atoms with Gasteiger partial charge in [0.1, 0.15) is 17.8 Å². The molecule has 1 atom stereocenters. The molecule has 1 unspecified atom stereocenters. The number of hydrogen-bond donors (Lipinski definition) is 2. The van der Waals surface area contributed by atoms with Gasteiger partial charge in [-0.3, -0.25) is 0 Å². The summed E-state index contributed by atoms with van der Waals surface area (Å²) < 4.78 is 39.8. The lowest BCUT2D eigenvalue weighted by atomic mass is 10.1. The molecule has 7 rings (SSSR count). The van der Waals surface area contributed by atoms with Crippen molar-refractivity contribution in [1.82, 2.24) is 34.0 Å². The lowest BCUT2D eigenvalue weighted by molar-refractivity contribution is 0.145. The molecule has 3 fully saturated rings. The van der Waals surface area contributed by atoms with Crippen LogP contribution in [0.25, 0.3) is 21.9 Å². The van der Waals surface area contributed by atoms with Crippen molar-refractivity contribution in [3.63, 3.8) is 0 Å². The summed E-state index contributed by atoms with van der Waals surface area (Å²) in [6.45, 7) is 11.5. The SMILES string of the molecule is COc1cc2c(cc1OCCCN1CCN(C)CC1)[nH]c1ncnc(N3CCN(C(=S)Nc4ccc(S(=O)(=O)N5CCCC5C)cc4)CC3)c12. The van der Waals surface area contributed by atoms with E-state index >= 15 is 0 Å². The molecule has 2 N–H and O–H groups in total. The summed E-state index contributed by atoms with van der Waals surface area (Å²) in [5, 5.41) is 5.84. The first-order chi connectivity index (χ1) is 24.2. The van der Waals surface area contributed by atoms with Crippen molar-refractivity contribution in [1.29, 1.82) is 0 Å². The number of fused-ring (bicyclic) bond motifs is 3. The van der Waals surface area contributed by atoms with Crippen molar-refractivity contribution in [3.8, 4) is 11.5 Å². The van der Waals surface area contributed by atoms with Crippen LogP contribution in [0.5, 0.6) is 11.5 Å². The molecule has 5 heterocycles. The third-order valence-corrected chi connectivity index (χ3v) is 12.6. The number of H-pyrrole nitrogens is 1. The van der Waals surface area contributed by atoms with Gasteiger partial charge in [0.2, 0.25) is 10.0 Å². The molecule has 2 aromatic carbocycles. The standard InChI is InChI=1S/C35H47N9O4S2/c1-25-6-4-12-44(25)50(45,46)27-9-7-26(8-10-27)38-35(49)43-19-17-42(18-20-43)34-32-28-22-30(47-3)31(23-29(28)39-33(32)36-24-37-34)48-21-5-11-41-15-13-40(2)14-16-41/h7-10,22-25H,4-6,11-21H2,1-3H3,(H,38,49)(H,36,37,39). The maximum Gasteiger partial charge on any atom is 0.243 e. The number of nitrogens with zero attached hydrogens (tertiary/aromatic N) is 7. The normalized spacial score (nSPS) is 19.8. The molecule has 0 saturated carbocycles. The Hall–Kier alpha value is -3.76. The number of hydrogen-bond acceptors (Lipinski definition) is 10. The zero-order valence-electron chi connectivity index (χ0n) is 29.1. The van der Waals surface area contributed by atoms with Crippen molar-refractivity contribution < 1.29 is 17.9 Å². The minimum atomic E-state index is -3.50. The van der Waals surface area contributed by atoms with Crippen molar-refractivity contribution >= 4 is 60.8 Å². The number of piperazine rings is 2. The summed E-state index contributed by atoms with van der Waals surface area (Å²) in [5.74, 6) is 2.27. The van der Waals surface area contributed by atoms with E-state index in [9.17, 15) is 8.42 Å². The molecule has 0 bridgehead atoms. The van der Waals surface area contributed by atoms with Crippen LogP contribution in [0.15, 0.2) is 47.6 Å². The first-order valence-electron chi connectivity index (χ1n) is 17.5. The van der Waals surface area contributed by atoms with E-state index in [2.05, 4.69) is 41.9 Å². The van der Waals surface area contributed by atoms with Crippen LogP contribution >= 0.6 is 12.2 Å². The zero-order valence-corrected chi connectivity index (χ0v) is 30.7. The smallest absolute Gasteiger partial charge is 0.243 e. The fourth-order valence-corrected chi connectivity index (χ4v) is 9.20. The number of benzene rings is 2. The van der Waals surface area contributed by atoms with Gasteiger partial charge in [-0.15, -0.1) is 0 Å². The highest BCUT2D eigenvalue weighted by atomic mass is 32.2. The molecular weight excluding hydrogens is 675 g/mol. The molecule has 268 valence electrons. The van der Waals surface area contributed by atoms with Gasteiger partial charge in [0.25, 0.3) is 0 Å². The molecule has 0 radical (unpaired) electrons. The maximum atomic E-state index is 13.1. The number of ether oxygens (including phenoxy) is 2. The van der Waals surface area contributed by atoms with Crippen LogP contribution in [0.4, 0.5) is 11.5 Å². The van der Waals surface area contributed by atoms with Gasteiger partial charge in [0, 0.05) is 88.6 Å². The van der Waals surface area contributed by atoms with Gasteiger partial charge in [0.05, 0.1) is 29.5 Å². The van der Waals surface area contributed by atoms with E-state index in [4.69, 9.17) is 26.7 Å². The van der Waals surface area contributed by atoms with E-state index < -0.39 is 10.0 Å². The van der Waals surface area contributed by atoms with Crippen molar-refractivity contribution in [3.05, 3.63) is 42.7 Å². The number of nitrogens with one attached hydrogen (secondary N) is 2. The first-order valence-corrected chi connectivity index (χ1v) is 19.4. The van der Waals surface area contributed by atoms with E-state index in [0.717, 1.165) is 98.5 Å². The number of thiocarbonyl (C=S) groups is 1. The Bertz CT molecular complexity index is 1920. The fraction of sp³-hybridized carbons (Fsp3) is 0.514. The molecule has 3 aliphatic rings. The van der Waals surface area contributed by atoms with Crippen molar-refractivity contribution in [2.24, 2.45) is 0 Å². The molecule has 13 nitrogen and oxygen atoms in total. The monoisotopic (exact) mass is 721 g/mol. The minimum absolute atomic E-state index is 0.0288. The van der Waals surface area contributed by atoms with E-state index in [-0.39, 0.29) is 6.04 Å². The van der Waals surface area contributed by atoms with Crippen LogP contribution < -0.4 is 19.7 Å². The van der Waals surface area contributed by atoms with Gasteiger partial charge in [-0.05, 0) is 75.8 Å². The molecule has 50 heavy (non-hydrogen) atoms. The number of aromatic amines is 1. The lowest BCUT2D eigenvalue weighted by Gasteiger charge is -2.37. The van der Waals surface area contributed by atoms with Crippen LogP contribution in [0, 0.1) is 0 Å². The van der Waals surface area contributed by atoms with E-state index in [1.807, 2.05) is 19.1 Å². The Labute approximate surface area is 299 Å². The number of anilines is 2. The van der Waals surface area contributed by atoms with Gasteiger partial charge in [0.15, 0.2) is 16.6 Å². The van der Waals surface area contributed by atoms with E-state index in [1.54, 1.807) is 42.0 Å². The van der Waals surface area contributed by atoms with Crippen molar-refractivity contribution in [2.75, 3.05) is 96.4 Å². The summed E-state index contributed by atoms with van der Waals surface area (Å²) in [4.78, 5) is 22.3. The molecule has 4 aromatic rings. The predicted octanol–water partition coefficient (Wildman–Crippen LogP) is 3.83. The summed E-state index contributed by atoms with van der Waals surface area (Å²) in [7, 11) is 0.348. The molecular formula is C35H47N9O4S2. The Morgan fingerprint density at radius 1 is 1.00 bits per heavy atom. The zero-order chi connectivity index (χ0) is 34.8. The average Bonchev–Trinajstić information content (AvgIpc) is 3.74. The van der Waals surface area contributed by atoms with Gasteiger partial charge < -0.3 is 39.4 Å². The first kappa shape index (κ1) is 34.7. The Morgan fingerprint density at radius 2 is 1.76 bits per heavy atom. The van der Waals surface area contributed by atoms with Crippen LogP contribution in [-0.4, -0.2) is 140 Å². The average molecular weight is 722 g/mol. The predicted molar refractivity (Wildman–Crippen MR) is 201 cm³/mol. The third kappa shape index (κ3) is 7.19. The quantitative estimate of drug-likeness (QED) is 0.183. The number of likely N-dealkylation sites (N-methyl/N-ethyl adjacent to an activating group) is 1. The lowest BCUT2D eigenvalue weighted by Crippen LogP contribution is -2.50. The topological polar surface area (TPSA) is 122 Å². The summed E-state index contributed by atoms with van der Waals surface area (Å²) in [6.07, 6.45) is 4.35. The molecule has 2 aromatic heterocycles. The highest BCUT2D eigenvalue weighted by Gasteiger charge is 2.32. The molecule has 0 aliphatic carbocycles. The fourth-order valence-electron chi connectivity index (χ4n) is 7.20. The van der Waals surface area contributed by atoms with Gasteiger partial charge in [-0.25, -0.2) is 18.4 Å². The van der Waals surface area contributed by atoms with E-state index in [0.29, 0.717) is 47.7 Å². The second-order valence-electron chi connectivity index (χ2n) is 13.5. The molecule has 0 amide bonds. The second-order valence-corrected chi connectivity index (χ2v) is 15.8. The van der Waals surface area contributed by atoms with E-state index in [1.165, 1.54) is 0 Å². The van der Waals surface area contributed by atoms with Crippen LogP contribution in [0.3, 0.4) is 0 Å². The minimum Gasteiger partial charge on any atom is -0.493 e. The van der Waals surface area contributed by atoms with Crippen molar-refractivity contribution in [2.45, 2.75) is 37.1 Å². The number of rotatable bonds is 10. The second kappa shape index (κ2) is 14.8. The highest BCUT2D eigenvalue weighted by molar-refractivity contribution is 7.89. The molecule has 0 spiro atoms. The maximum absolute atomic E-state index is 13.1. The van der Waals surface area contributed by atoms with Crippen LogP contribution in [0.2, 0.25) is 0 Å². The summed E-state index contributed by atoms with van der Waals surface area (Å²) in [6, 6.07) is 10.9. The Balaban J connectivity index is 0.981. The van der Waals surface area contributed by atoms with Crippen LogP contribution in [0.1, 0.15) is 26.2 Å². The summed E-state index contributed by atoms with van der Waals surface area (Å²) >= 11 is 5.77. The number of sulfonamides is 1. The Kier molecular flexibility index (Phi) is 10.3. The number of methoxy groups -OCH3 is 1. The number of aromatic nitrogens is 3. The summed E-state index contributed by atoms with van der Waals surface area (Å²) in [5.41, 5.74) is 2.45. The van der Waals surface area contributed by atoms with Gasteiger partial charge in [-0.2, -0.15) is 4.31 Å². The van der Waals surface area contributed by atoms with Gasteiger partial charge in [-0.1, -0.05) is 0 Å². The largest absolute Gasteiger partial charge is 0.493 e. The Morgan fingerprint density at radius 3 is 2.46 bits per heavy atom. The third-order valence-electron chi connectivity index (χ3n) is 10.2. The molecule has 15 heteroatoms. The van der Waals surface area contributed by atoms with Crippen LogP contribution in [-0.2, 0) is 10.0 Å². The van der Waals surface area contributed by atoms with Gasteiger partial charge >= 0.3 is 0 Å². The molecule has 3 aliphatic heterocycles. The molecule has 3 saturated heterocycles. The highest BCUT2D eigenvalue weighted by Crippen LogP contribution is 2.38.